The van der Waals surface area contributed by atoms with Crippen molar-refractivity contribution in [2.45, 2.75) is 77.4 Å². The molecule has 0 saturated heterocycles. The summed E-state index contributed by atoms with van der Waals surface area (Å²) >= 11 is 0. The zero-order valence-electron chi connectivity index (χ0n) is 12.4. The molecule has 0 spiro atoms. The van der Waals surface area contributed by atoms with E-state index in [0.29, 0.717) is 12.0 Å². The second-order valence-corrected chi connectivity index (χ2v) is 5.93. The van der Waals surface area contributed by atoms with Gasteiger partial charge in [0.15, 0.2) is 0 Å². The van der Waals surface area contributed by atoms with Gasteiger partial charge in [-0.1, -0.05) is 33.1 Å². The summed E-state index contributed by atoms with van der Waals surface area (Å²) in [4.78, 5) is 0. The lowest BCUT2D eigenvalue weighted by atomic mass is 9.84. The highest BCUT2D eigenvalue weighted by Gasteiger charge is 2.22. The van der Waals surface area contributed by atoms with E-state index in [9.17, 15) is 5.11 Å². The molecule has 0 bridgehead atoms. The van der Waals surface area contributed by atoms with Crippen LogP contribution in [0.25, 0.3) is 0 Å². The molecule has 1 heterocycles. The van der Waals surface area contributed by atoms with Crippen LogP contribution in [0.3, 0.4) is 0 Å². The van der Waals surface area contributed by atoms with Crippen molar-refractivity contribution in [3.8, 4) is 0 Å². The highest BCUT2D eigenvalue weighted by atomic mass is 16.3. The van der Waals surface area contributed by atoms with Crippen LogP contribution in [0.1, 0.15) is 70.5 Å². The summed E-state index contributed by atoms with van der Waals surface area (Å²) in [5.74, 6) is 0.493. The SMILES string of the molecule is CCC(CC)n1ccc(CC(O)C2CCCCC2)n1. The van der Waals surface area contributed by atoms with Crippen molar-refractivity contribution in [1.82, 2.24) is 9.78 Å². The van der Waals surface area contributed by atoms with Gasteiger partial charge in [0.1, 0.15) is 0 Å². The number of aliphatic hydroxyl groups excluding tert-OH is 1. The molecule has 1 aromatic rings. The predicted octanol–water partition coefficient (Wildman–Crippen LogP) is 3.73. The quantitative estimate of drug-likeness (QED) is 0.850. The fraction of sp³-hybridized carbons (Fsp3) is 0.812. The third-order valence-electron chi connectivity index (χ3n) is 4.59. The van der Waals surface area contributed by atoms with Crippen LogP contribution in [0.15, 0.2) is 12.3 Å². The van der Waals surface area contributed by atoms with Crippen molar-refractivity contribution in [2.75, 3.05) is 0 Å². The molecule has 1 saturated carbocycles. The summed E-state index contributed by atoms with van der Waals surface area (Å²) in [6.45, 7) is 4.40. The Morgan fingerprint density at radius 1 is 1.26 bits per heavy atom. The fourth-order valence-corrected chi connectivity index (χ4v) is 3.25. The van der Waals surface area contributed by atoms with Gasteiger partial charge in [0.05, 0.1) is 17.8 Å². The summed E-state index contributed by atoms with van der Waals surface area (Å²) in [6, 6.07) is 2.57. The molecule has 1 fully saturated rings. The molecule has 1 aromatic heterocycles. The van der Waals surface area contributed by atoms with Crippen molar-refractivity contribution in [3.63, 3.8) is 0 Å². The minimum absolute atomic E-state index is 0.203. The first kappa shape index (κ1) is 14.6. The number of hydrogen-bond donors (Lipinski definition) is 1. The van der Waals surface area contributed by atoms with E-state index in [0.717, 1.165) is 25.0 Å². The van der Waals surface area contributed by atoms with Gasteiger partial charge < -0.3 is 5.11 Å². The molecule has 0 aliphatic heterocycles. The van der Waals surface area contributed by atoms with E-state index in [1.165, 1.54) is 32.1 Å². The third-order valence-corrected chi connectivity index (χ3v) is 4.59. The Bertz CT molecular complexity index is 365. The van der Waals surface area contributed by atoms with E-state index in [4.69, 9.17) is 0 Å². The van der Waals surface area contributed by atoms with Crippen LogP contribution in [-0.2, 0) is 6.42 Å². The lowest BCUT2D eigenvalue weighted by Crippen LogP contribution is -2.25. The lowest BCUT2D eigenvalue weighted by Gasteiger charge is -2.26. The molecule has 0 radical (unpaired) electrons. The number of hydrogen-bond acceptors (Lipinski definition) is 2. The van der Waals surface area contributed by atoms with Crippen molar-refractivity contribution in [3.05, 3.63) is 18.0 Å². The predicted molar refractivity (Wildman–Crippen MR) is 78.1 cm³/mol. The van der Waals surface area contributed by atoms with E-state index >= 15 is 0 Å². The Balaban J connectivity index is 1.91. The number of rotatable bonds is 6. The van der Waals surface area contributed by atoms with Gasteiger partial charge in [-0.2, -0.15) is 5.10 Å². The summed E-state index contributed by atoms with van der Waals surface area (Å²) in [5.41, 5.74) is 1.05. The molecule has 3 nitrogen and oxygen atoms in total. The van der Waals surface area contributed by atoms with Crippen molar-refractivity contribution >= 4 is 0 Å². The van der Waals surface area contributed by atoms with E-state index in [2.05, 4.69) is 35.9 Å². The zero-order chi connectivity index (χ0) is 13.7. The Morgan fingerprint density at radius 3 is 2.58 bits per heavy atom. The summed E-state index contributed by atoms with van der Waals surface area (Å²) in [7, 11) is 0. The van der Waals surface area contributed by atoms with E-state index < -0.39 is 0 Å². The minimum Gasteiger partial charge on any atom is -0.392 e. The molecular weight excluding hydrogens is 236 g/mol. The third kappa shape index (κ3) is 3.82. The van der Waals surface area contributed by atoms with Crippen LogP contribution in [0.2, 0.25) is 0 Å². The van der Waals surface area contributed by atoms with Crippen LogP contribution in [0.5, 0.6) is 0 Å². The average Bonchev–Trinajstić information content (AvgIpc) is 2.89. The van der Waals surface area contributed by atoms with Gasteiger partial charge in [-0.05, 0) is 37.7 Å². The second kappa shape index (κ2) is 7.09. The van der Waals surface area contributed by atoms with Gasteiger partial charge >= 0.3 is 0 Å². The molecule has 2 rings (SSSR count). The first-order valence-corrected chi connectivity index (χ1v) is 7.96. The zero-order valence-corrected chi connectivity index (χ0v) is 12.4. The summed E-state index contributed by atoms with van der Waals surface area (Å²) in [5, 5.41) is 15.0. The number of aliphatic hydroxyl groups is 1. The summed E-state index contributed by atoms with van der Waals surface area (Å²) < 4.78 is 2.07. The van der Waals surface area contributed by atoms with Gasteiger partial charge in [-0.25, -0.2) is 0 Å². The Kier molecular flexibility index (Phi) is 5.44. The minimum atomic E-state index is -0.203. The molecule has 1 aliphatic carbocycles. The molecule has 1 atom stereocenters. The van der Waals surface area contributed by atoms with Crippen LogP contribution >= 0.6 is 0 Å². The van der Waals surface area contributed by atoms with Crippen molar-refractivity contribution in [1.29, 1.82) is 0 Å². The van der Waals surface area contributed by atoms with Gasteiger partial charge in [-0.3, -0.25) is 4.68 Å². The van der Waals surface area contributed by atoms with Gasteiger partial charge in [0.2, 0.25) is 0 Å². The van der Waals surface area contributed by atoms with Crippen LogP contribution < -0.4 is 0 Å². The molecule has 1 N–H and O–H groups in total. The van der Waals surface area contributed by atoms with Crippen LogP contribution in [0.4, 0.5) is 0 Å². The van der Waals surface area contributed by atoms with Gasteiger partial charge in [0.25, 0.3) is 0 Å². The fourth-order valence-electron chi connectivity index (χ4n) is 3.25. The van der Waals surface area contributed by atoms with Crippen molar-refractivity contribution < 1.29 is 5.11 Å². The van der Waals surface area contributed by atoms with Gasteiger partial charge in [0, 0.05) is 12.6 Å². The molecule has 1 aliphatic rings. The monoisotopic (exact) mass is 264 g/mol. The van der Waals surface area contributed by atoms with Crippen LogP contribution in [-0.4, -0.2) is 21.0 Å². The molecule has 0 aromatic carbocycles. The Labute approximate surface area is 117 Å². The maximum atomic E-state index is 10.3. The van der Waals surface area contributed by atoms with Crippen molar-refractivity contribution in [2.24, 2.45) is 5.92 Å². The number of nitrogens with zero attached hydrogens (tertiary/aromatic N) is 2. The second-order valence-electron chi connectivity index (χ2n) is 5.93. The molecular formula is C16H28N2O. The standard InChI is InChI=1S/C16H28N2O/c1-3-15(4-2)18-11-10-14(17-18)12-16(19)13-8-6-5-7-9-13/h10-11,13,15-16,19H,3-9,12H2,1-2H3. The smallest absolute Gasteiger partial charge is 0.0650 e. The van der Waals surface area contributed by atoms with E-state index in [-0.39, 0.29) is 6.10 Å². The normalized spacial score (nSPS) is 18.9. The summed E-state index contributed by atoms with van der Waals surface area (Å²) in [6.07, 6.45) is 11.1. The first-order chi connectivity index (χ1) is 9.24. The van der Waals surface area contributed by atoms with Crippen LogP contribution in [0, 0.1) is 5.92 Å². The maximum Gasteiger partial charge on any atom is 0.0650 e. The van der Waals surface area contributed by atoms with E-state index in [1.807, 2.05) is 0 Å². The highest BCUT2D eigenvalue weighted by molar-refractivity contribution is 5.02. The highest BCUT2D eigenvalue weighted by Crippen LogP contribution is 2.27. The molecule has 0 amide bonds. The number of aromatic nitrogens is 2. The molecule has 108 valence electrons. The molecule has 1 unspecified atom stereocenters. The lowest BCUT2D eigenvalue weighted by molar-refractivity contribution is 0.0840. The molecule has 3 heteroatoms. The first-order valence-electron chi connectivity index (χ1n) is 7.96. The molecule has 19 heavy (non-hydrogen) atoms. The Morgan fingerprint density at radius 2 is 1.95 bits per heavy atom. The van der Waals surface area contributed by atoms with Gasteiger partial charge in [-0.15, -0.1) is 0 Å². The van der Waals surface area contributed by atoms with E-state index in [1.54, 1.807) is 0 Å². The Hall–Kier alpha value is -0.830. The average molecular weight is 264 g/mol. The largest absolute Gasteiger partial charge is 0.392 e. The maximum absolute atomic E-state index is 10.3. The topological polar surface area (TPSA) is 38.0 Å².